The molecule has 7 heteroatoms. The van der Waals surface area contributed by atoms with Gasteiger partial charge in [0.15, 0.2) is 23.3 Å². The molecule has 0 unspecified atom stereocenters. The quantitative estimate of drug-likeness (QED) is 0.167. The fourth-order valence-electron chi connectivity index (χ4n) is 6.04. The lowest BCUT2D eigenvalue weighted by atomic mass is 10.1. The summed E-state index contributed by atoms with van der Waals surface area (Å²) >= 11 is 3.44. The fourth-order valence-corrected chi connectivity index (χ4v) is 8.15. The van der Waals surface area contributed by atoms with Crippen molar-refractivity contribution in [1.82, 2.24) is 24.9 Å². The monoisotopic (exact) mass is 677 g/mol. The average Bonchev–Trinajstić information content (AvgIpc) is 3.58. The first-order valence-corrected chi connectivity index (χ1v) is 17.9. The van der Waals surface area contributed by atoms with Gasteiger partial charge in [-0.2, -0.15) is 0 Å². The summed E-state index contributed by atoms with van der Waals surface area (Å²) in [5.41, 5.74) is 5.82. The van der Waals surface area contributed by atoms with E-state index in [0.29, 0.717) is 23.3 Å². The third kappa shape index (κ3) is 5.83. The molecule has 6 aromatic carbocycles. The van der Waals surface area contributed by atoms with Crippen LogP contribution in [0.4, 0.5) is 0 Å². The second kappa shape index (κ2) is 13.1. The number of hydrogen-bond acceptors (Lipinski definition) is 7. The van der Waals surface area contributed by atoms with Gasteiger partial charge in [-0.05, 0) is 36.4 Å². The highest BCUT2D eigenvalue weighted by molar-refractivity contribution is 7.99. The van der Waals surface area contributed by atoms with E-state index in [1.807, 2.05) is 79.0 Å². The van der Waals surface area contributed by atoms with Crippen LogP contribution in [0, 0.1) is 0 Å². The van der Waals surface area contributed by atoms with Crippen LogP contribution in [0.5, 0.6) is 0 Å². The van der Waals surface area contributed by atoms with Gasteiger partial charge in [0.05, 0.1) is 10.6 Å². The normalized spacial score (nSPS) is 11.3. The molecule has 3 aromatic heterocycles. The number of nitrogens with zero attached hydrogens (tertiary/aromatic N) is 5. The van der Waals surface area contributed by atoms with Gasteiger partial charge in [-0.1, -0.05) is 133 Å². The maximum Gasteiger partial charge on any atom is 0.164 e. The minimum atomic E-state index is 0.637. The van der Waals surface area contributed by atoms with Crippen molar-refractivity contribution in [3.63, 3.8) is 0 Å². The number of thiophene rings is 1. The Kier molecular flexibility index (Phi) is 7.89. The molecule has 3 heterocycles. The second-order valence-electron chi connectivity index (χ2n) is 11.7. The highest BCUT2D eigenvalue weighted by atomic mass is 32.2. The Morgan fingerprint density at radius 1 is 0.440 bits per heavy atom. The zero-order valence-corrected chi connectivity index (χ0v) is 28.3. The molecule has 0 aliphatic carbocycles. The lowest BCUT2D eigenvalue weighted by Crippen LogP contribution is -2.00. The Bertz CT molecular complexity index is 2550. The molecule has 0 N–H and O–H groups in total. The van der Waals surface area contributed by atoms with Crippen molar-refractivity contribution in [2.45, 2.75) is 9.79 Å². The van der Waals surface area contributed by atoms with E-state index in [4.69, 9.17) is 24.9 Å². The van der Waals surface area contributed by atoms with Crippen molar-refractivity contribution in [2.24, 2.45) is 0 Å². The molecule has 0 fully saturated rings. The lowest BCUT2D eigenvalue weighted by molar-refractivity contribution is 1.07. The number of rotatable bonds is 7. The van der Waals surface area contributed by atoms with E-state index in [-0.39, 0.29) is 0 Å². The van der Waals surface area contributed by atoms with E-state index in [9.17, 15) is 0 Å². The molecule has 0 bridgehead atoms. The molecule has 5 nitrogen and oxygen atoms in total. The summed E-state index contributed by atoms with van der Waals surface area (Å²) in [4.78, 5) is 27.1. The average molecular weight is 678 g/mol. The summed E-state index contributed by atoms with van der Waals surface area (Å²) in [6.45, 7) is 0. The van der Waals surface area contributed by atoms with Crippen molar-refractivity contribution < 1.29 is 0 Å². The summed E-state index contributed by atoms with van der Waals surface area (Å²) in [5.74, 6) is 2.63. The van der Waals surface area contributed by atoms with Crippen LogP contribution >= 0.6 is 23.1 Å². The molecule has 0 aliphatic rings. The minimum absolute atomic E-state index is 0.637. The largest absolute Gasteiger partial charge is 0.235 e. The standard InChI is InChI=1S/C43H27N5S2/c1-5-14-28(15-6-1)38-37(49-32-20-11-4-12-21-32)27-44-43(45-38)34-23-13-22-33-35-26-31(24-25-36(35)50-39(33)34)42-47-40(29-16-7-2-8-17-29)46-41(48-42)30-18-9-3-10-19-30/h1-27H. The second-order valence-corrected chi connectivity index (χ2v) is 13.9. The first kappa shape index (κ1) is 30.1. The molecule has 0 saturated carbocycles. The Morgan fingerprint density at radius 2 is 1.02 bits per heavy atom. The van der Waals surface area contributed by atoms with Gasteiger partial charge in [0.25, 0.3) is 0 Å². The molecule has 0 aliphatic heterocycles. The van der Waals surface area contributed by atoms with E-state index in [1.165, 1.54) is 4.70 Å². The predicted molar refractivity (Wildman–Crippen MR) is 206 cm³/mol. The van der Waals surface area contributed by atoms with Gasteiger partial charge in [-0.25, -0.2) is 24.9 Å². The Balaban J connectivity index is 1.16. The Morgan fingerprint density at radius 3 is 1.66 bits per heavy atom. The van der Waals surface area contributed by atoms with Crippen LogP contribution in [0.2, 0.25) is 0 Å². The van der Waals surface area contributed by atoms with E-state index in [0.717, 1.165) is 58.8 Å². The molecule has 50 heavy (non-hydrogen) atoms. The smallest absolute Gasteiger partial charge is 0.164 e. The lowest BCUT2D eigenvalue weighted by Gasteiger charge is -2.11. The predicted octanol–water partition coefficient (Wildman–Crippen LogP) is 11.5. The van der Waals surface area contributed by atoms with Crippen molar-refractivity contribution in [3.8, 4) is 56.8 Å². The van der Waals surface area contributed by atoms with E-state index in [1.54, 1.807) is 23.1 Å². The van der Waals surface area contributed by atoms with E-state index in [2.05, 4.69) is 84.9 Å². The molecule has 9 rings (SSSR count). The summed E-state index contributed by atoms with van der Waals surface area (Å²) in [7, 11) is 0. The first-order chi connectivity index (χ1) is 24.8. The molecule has 236 valence electrons. The maximum atomic E-state index is 5.22. The van der Waals surface area contributed by atoms with Gasteiger partial charge >= 0.3 is 0 Å². The van der Waals surface area contributed by atoms with Crippen LogP contribution in [-0.2, 0) is 0 Å². The van der Waals surface area contributed by atoms with Gasteiger partial charge in [0, 0.05) is 59.1 Å². The SMILES string of the molecule is c1ccc(Sc2cnc(-c3cccc4c3sc3ccc(-c5nc(-c6ccccc6)nc(-c6ccccc6)n5)cc34)nc2-c2ccccc2)cc1. The zero-order valence-electron chi connectivity index (χ0n) is 26.6. The van der Waals surface area contributed by atoms with Crippen LogP contribution < -0.4 is 0 Å². The van der Waals surface area contributed by atoms with Crippen LogP contribution in [0.3, 0.4) is 0 Å². The topological polar surface area (TPSA) is 64.5 Å². The third-order valence-corrected chi connectivity index (χ3v) is 10.7. The molecular formula is C43H27N5S2. The third-order valence-electron chi connectivity index (χ3n) is 8.47. The maximum absolute atomic E-state index is 5.22. The number of hydrogen-bond donors (Lipinski definition) is 0. The highest BCUT2D eigenvalue weighted by Gasteiger charge is 2.18. The van der Waals surface area contributed by atoms with Crippen LogP contribution in [0.1, 0.15) is 0 Å². The molecule has 0 radical (unpaired) electrons. The number of aromatic nitrogens is 5. The Hall–Kier alpha value is -6.02. The minimum Gasteiger partial charge on any atom is -0.235 e. The van der Waals surface area contributed by atoms with Crippen LogP contribution in [0.15, 0.2) is 174 Å². The summed E-state index contributed by atoms with van der Waals surface area (Å²) < 4.78 is 2.32. The summed E-state index contributed by atoms with van der Waals surface area (Å²) in [6, 6.07) is 53.7. The van der Waals surface area contributed by atoms with Gasteiger partial charge in [0.1, 0.15) is 0 Å². The molecule has 9 aromatic rings. The Labute approximate surface area is 297 Å². The molecule has 0 spiro atoms. The molecular weight excluding hydrogens is 651 g/mol. The number of fused-ring (bicyclic) bond motifs is 3. The molecule has 0 amide bonds. The van der Waals surface area contributed by atoms with Crippen LogP contribution in [0.25, 0.3) is 77.0 Å². The molecule has 0 saturated heterocycles. The van der Waals surface area contributed by atoms with E-state index >= 15 is 0 Å². The van der Waals surface area contributed by atoms with Crippen molar-refractivity contribution >= 4 is 43.3 Å². The van der Waals surface area contributed by atoms with Crippen molar-refractivity contribution in [2.75, 3.05) is 0 Å². The first-order valence-electron chi connectivity index (χ1n) is 16.3. The van der Waals surface area contributed by atoms with E-state index < -0.39 is 0 Å². The highest BCUT2D eigenvalue weighted by Crippen LogP contribution is 2.42. The number of benzene rings is 6. The summed E-state index contributed by atoms with van der Waals surface area (Å²) in [5, 5.41) is 2.30. The zero-order chi connectivity index (χ0) is 33.3. The molecule has 0 atom stereocenters. The van der Waals surface area contributed by atoms with Crippen LogP contribution in [-0.4, -0.2) is 24.9 Å². The van der Waals surface area contributed by atoms with Crippen molar-refractivity contribution in [3.05, 3.63) is 164 Å². The van der Waals surface area contributed by atoms with Crippen molar-refractivity contribution in [1.29, 1.82) is 0 Å². The van der Waals surface area contributed by atoms with Gasteiger partial charge < -0.3 is 0 Å². The van der Waals surface area contributed by atoms with Gasteiger partial charge in [0.2, 0.25) is 0 Å². The van der Waals surface area contributed by atoms with Gasteiger partial charge in [-0.15, -0.1) is 11.3 Å². The fraction of sp³-hybridized carbons (Fsp3) is 0. The summed E-state index contributed by atoms with van der Waals surface area (Å²) in [6.07, 6.45) is 1.96. The van der Waals surface area contributed by atoms with Gasteiger partial charge in [-0.3, -0.25) is 0 Å².